The van der Waals surface area contributed by atoms with Crippen molar-refractivity contribution in [2.75, 3.05) is 7.11 Å². The quantitative estimate of drug-likeness (QED) is 0.433. The molecular weight excluding hydrogens is 280 g/mol. The van der Waals surface area contributed by atoms with E-state index in [4.69, 9.17) is 16.3 Å². The summed E-state index contributed by atoms with van der Waals surface area (Å²) in [5.74, 6) is 0.951. The molecule has 21 heavy (non-hydrogen) atoms. The summed E-state index contributed by atoms with van der Waals surface area (Å²) in [7, 11) is 1.73. The van der Waals surface area contributed by atoms with Crippen LogP contribution in [-0.4, -0.2) is 7.11 Å². The molecule has 0 bridgehead atoms. The van der Waals surface area contributed by atoms with E-state index >= 15 is 0 Å². The van der Waals surface area contributed by atoms with Crippen LogP contribution in [0, 0.1) is 0 Å². The van der Waals surface area contributed by atoms with Crippen LogP contribution in [0.25, 0.3) is 0 Å². The van der Waals surface area contributed by atoms with Crippen LogP contribution in [0.2, 0.25) is 5.02 Å². The third-order valence-electron chi connectivity index (χ3n) is 4.30. The van der Waals surface area contributed by atoms with Gasteiger partial charge in [0.2, 0.25) is 0 Å². The third-order valence-corrected chi connectivity index (χ3v) is 4.53. The molecule has 0 spiro atoms. The first kappa shape index (κ1) is 18.4. The van der Waals surface area contributed by atoms with Crippen molar-refractivity contribution in [3.63, 3.8) is 0 Å². The van der Waals surface area contributed by atoms with Crippen LogP contribution in [0.1, 0.15) is 77.7 Å². The minimum absolute atomic E-state index is 0.111. The van der Waals surface area contributed by atoms with E-state index in [9.17, 15) is 0 Å². The summed E-state index contributed by atoms with van der Waals surface area (Å²) in [4.78, 5) is 0. The maximum atomic E-state index is 6.16. The summed E-state index contributed by atoms with van der Waals surface area (Å²) in [5, 5.41) is 0.790. The molecule has 0 N–H and O–H groups in total. The number of rotatable bonds is 10. The summed E-state index contributed by atoms with van der Waals surface area (Å²) in [6, 6.07) is 5.93. The van der Waals surface area contributed by atoms with Crippen molar-refractivity contribution in [2.45, 2.75) is 77.6 Å². The molecule has 0 saturated carbocycles. The molecule has 0 radical (unpaired) electrons. The molecule has 0 fully saturated rings. The van der Waals surface area contributed by atoms with Crippen molar-refractivity contribution < 1.29 is 4.74 Å². The normalized spacial score (nSPS) is 11.7. The Morgan fingerprint density at radius 1 is 1.00 bits per heavy atom. The van der Waals surface area contributed by atoms with E-state index in [1.807, 2.05) is 12.1 Å². The Labute approximate surface area is 136 Å². The van der Waals surface area contributed by atoms with Gasteiger partial charge in [-0.05, 0) is 30.0 Å². The van der Waals surface area contributed by atoms with Gasteiger partial charge in [0.1, 0.15) is 5.75 Å². The molecule has 0 unspecified atom stereocenters. The number of methoxy groups -OCH3 is 1. The predicted molar refractivity (Wildman–Crippen MR) is 93.6 cm³/mol. The van der Waals surface area contributed by atoms with Gasteiger partial charge in [0.05, 0.1) is 7.11 Å². The second-order valence-electron chi connectivity index (χ2n) is 6.60. The lowest BCUT2D eigenvalue weighted by Crippen LogP contribution is -2.18. The third kappa shape index (κ3) is 6.30. The van der Waals surface area contributed by atoms with E-state index in [-0.39, 0.29) is 5.41 Å². The molecule has 1 aromatic carbocycles. The highest BCUT2D eigenvalue weighted by molar-refractivity contribution is 6.30. The van der Waals surface area contributed by atoms with Crippen LogP contribution in [0.4, 0.5) is 0 Å². The van der Waals surface area contributed by atoms with Gasteiger partial charge in [0, 0.05) is 10.6 Å². The molecule has 0 aliphatic rings. The monoisotopic (exact) mass is 310 g/mol. The van der Waals surface area contributed by atoms with Crippen LogP contribution in [0.3, 0.4) is 0 Å². The lowest BCUT2D eigenvalue weighted by Gasteiger charge is -2.27. The SMILES string of the molecule is CCCCCCCCCC(C)(C)c1cc(Cl)ccc1OC. The van der Waals surface area contributed by atoms with E-state index in [1.54, 1.807) is 7.11 Å². The van der Waals surface area contributed by atoms with Crippen LogP contribution in [0.15, 0.2) is 18.2 Å². The Kier molecular flexibility index (Phi) is 8.18. The number of hydrogen-bond acceptors (Lipinski definition) is 1. The number of benzene rings is 1. The topological polar surface area (TPSA) is 9.23 Å². The molecular formula is C19H31ClO. The maximum absolute atomic E-state index is 6.16. The molecule has 0 aliphatic carbocycles. The standard InChI is InChI=1S/C19H31ClO/c1-5-6-7-8-9-10-11-14-19(2,3)17-15-16(20)12-13-18(17)21-4/h12-13,15H,5-11,14H2,1-4H3. The van der Waals surface area contributed by atoms with Gasteiger partial charge in [-0.1, -0.05) is 77.3 Å². The number of halogens is 1. The van der Waals surface area contributed by atoms with E-state index in [2.05, 4.69) is 26.8 Å². The second kappa shape index (κ2) is 9.35. The highest BCUT2D eigenvalue weighted by Gasteiger charge is 2.24. The van der Waals surface area contributed by atoms with E-state index in [0.717, 1.165) is 10.8 Å². The molecule has 0 heterocycles. The van der Waals surface area contributed by atoms with Gasteiger partial charge < -0.3 is 4.74 Å². The Balaban J connectivity index is 2.47. The van der Waals surface area contributed by atoms with E-state index in [0.29, 0.717) is 0 Å². The minimum atomic E-state index is 0.111. The summed E-state index contributed by atoms with van der Waals surface area (Å²) in [6.45, 7) is 6.84. The van der Waals surface area contributed by atoms with Crippen LogP contribution >= 0.6 is 11.6 Å². The molecule has 0 amide bonds. The first-order valence-corrected chi connectivity index (χ1v) is 8.73. The summed E-state index contributed by atoms with van der Waals surface area (Å²) in [6.07, 6.45) is 10.6. The minimum Gasteiger partial charge on any atom is -0.496 e. The van der Waals surface area contributed by atoms with Crippen molar-refractivity contribution in [3.8, 4) is 5.75 Å². The average Bonchev–Trinajstić information content (AvgIpc) is 2.46. The first-order chi connectivity index (χ1) is 10.0. The van der Waals surface area contributed by atoms with Gasteiger partial charge in [-0.25, -0.2) is 0 Å². The molecule has 120 valence electrons. The van der Waals surface area contributed by atoms with E-state index in [1.165, 1.54) is 56.9 Å². The fourth-order valence-electron chi connectivity index (χ4n) is 2.87. The lowest BCUT2D eigenvalue weighted by atomic mass is 9.79. The summed E-state index contributed by atoms with van der Waals surface area (Å²) >= 11 is 6.16. The zero-order valence-corrected chi connectivity index (χ0v) is 14.9. The first-order valence-electron chi connectivity index (χ1n) is 8.35. The Hall–Kier alpha value is -0.690. The van der Waals surface area contributed by atoms with E-state index < -0.39 is 0 Å². The zero-order chi connectivity index (χ0) is 15.7. The maximum Gasteiger partial charge on any atom is 0.122 e. The molecule has 0 atom stereocenters. The van der Waals surface area contributed by atoms with Crippen molar-refractivity contribution >= 4 is 11.6 Å². The largest absolute Gasteiger partial charge is 0.496 e. The molecule has 0 aromatic heterocycles. The molecule has 2 heteroatoms. The summed E-state index contributed by atoms with van der Waals surface area (Å²) < 4.78 is 5.50. The van der Waals surface area contributed by atoms with Crippen LogP contribution in [-0.2, 0) is 5.41 Å². The van der Waals surface area contributed by atoms with Gasteiger partial charge in [-0.15, -0.1) is 0 Å². The van der Waals surface area contributed by atoms with Crippen molar-refractivity contribution in [1.29, 1.82) is 0 Å². The summed E-state index contributed by atoms with van der Waals surface area (Å²) in [5.41, 5.74) is 1.34. The van der Waals surface area contributed by atoms with Gasteiger partial charge in [-0.3, -0.25) is 0 Å². The van der Waals surface area contributed by atoms with Gasteiger partial charge in [0.15, 0.2) is 0 Å². The predicted octanol–water partition coefficient (Wildman–Crippen LogP) is 6.77. The molecule has 0 saturated heterocycles. The fraction of sp³-hybridized carbons (Fsp3) is 0.684. The Bertz CT molecular complexity index is 412. The number of unbranched alkanes of at least 4 members (excludes halogenated alkanes) is 6. The smallest absolute Gasteiger partial charge is 0.122 e. The highest BCUT2D eigenvalue weighted by atomic mass is 35.5. The van der Waals surface area contributed by atoms with Crippen molar-refractivity contribution in [1.82, 2.24) is 0 Å². The lowest BCUT2D eigenvalue weighted by molar-refractivity contribution is 0.379. The van der Waals surface area contributed by atoms with Gasteiger partial charge >= 0.3 is 0 Å². The Morgan fingerprint density at radius 3 is 2.24 bits per heavy atom. The average molecular weight is 311 g/mol. The number of ether oxygens (including phenoxy) is 1. The van der Waals surface area contributed by atoms with Gasteiger partial charge in [-0.2, -0.15) is 0 Å². The number of hydrogen-bond donors (Lipinski definition) is 0. The molecule has 1 rings (SSSR count). The van der Waals surface area contributed by atoms with Gasteiger partial charge in [0.25, 0.3) is 0 Å². The second-order valence-corrected chi connectivity index (χ2v) is 7.04. The molecule has 0 aliphatic heterocycles. The van der Waals surface area contributed by atoms with Crippen LogP contribution < -0.4 is 4.74 Å². The molecule has 1 aromatic rings. The Morgan fingerprint density at radius 2 is 1.62 bits per heavy atom. The fourth-order valence-corrected chi connectivity index (χ4v) is 3.04. The van der Waals surface area contributed by atoms with Crippen molar-refractivity contribution in [2.24, 2.45) is 0 Å². The van der Waals surface area contributed by atoms with Crippen LogP contribution in [0.5, 0.6) is 5.75 Å². The molecule has 1 nitrogen and oxygen atoms in total. The van der Waals surface area contributed by atoms with Crippen molar-refractivity contribution in [3.05, 3.63) is 28.8 Å². The highest BCUT2D eigenvalue weighted by Crippen LogP contribution is 2.37. The zero-order valence-electron chi connectivity index (χ0n) is 14.2.